The molecule has 4 rings (SSSR count). The van der Waals surface area contributed by atoms with Gasteiger partial charge >= 0.3 is 0 Å². The van der Waals surface area contributed by atoms with Crippen molar-refractivity contribution in [3.63, 3.8) is 0 Å². The van der Waals surface area contributed by atoms with Gasteiger partial charge in [-0.25, -0.2) is 15.0 Å². The first-order valence-electron chi connectivity index (χ1n) is 8.42. The molecule has 0 spiro atoms. The molecular formula is C16H23N5S2. The van der Waals surface area contributed by atoms with E-state index in [1.807, 2.05) is 0 Å². The predicted octanol–water partition coefficient (Wildman–Crippen LogP) is 3.26. The number of thioether (sulfide) groups is 1. The van der Waals surface area contributed by atoms with E-state index in [2.05, 4.69) is 37.9 Å². The Labute approximate surface area is 145 Å². The molecule has 7 heteroatoms. The standard InChI is InChI=1S/C16H23N5S2/c1-11-4-3-7-21(11)12-5-8-20(9-6-12)15-13-14(17-10-18-15)19-16(22-2)23-13/h10-12H,3-9H2,1-2H3. The summed E-state index contributed by atoms with van der Waals surface area (Å²) in [7, 11) is 0. The summed E-state index contributed by atoms with van der Waals surface area (Å²) in [6, 6.07) is 1.52. The molecule has 0 saturated carbocycles. The molecule has 0 aliphatic carbocycles. The molecule has 4 heterocycles. The van der Waals surface area contributed by atoms with Crippen molar-refractivity contribution in [2.24, 2.45) is 0 Å². The molecule has 1 atom stereocenters. The largest absolute Gasteiger partial charge is 0.355 e. The number of piperidine rings is 1. The Kier molecular flexibility index (Phi) is 4.43. The number of anilines is 1. The molecular weight excluding hydrogens is 326 g/mol. The normalized spacial score (nSPS) is 23.9. The minimum atomic E-state index is 0.754. The van der Waals surface area contributed by atoms with Crippen molar-refractivity contribution in [1.82, 2.24) is 19.9 Å². The highest BCUT2D eigenvalue weighted by atomic mass is 32.2. The number of hydrogen-bond donors (Lipinski definition) is 0. The summed E-state index contributed by atoms with van der Waals surface area (Å²) >= 11 is 3.40. The maximum absolute atomic E-state index is 4.58. The summed E-state index contributed by atoms with van der Waals surface area (Å²) in [6.45, 7) is 5.85. The van der Waals surface area contributed by atoms with Gasteiger partial charge in [0.1, 0.15) is 11.0 Å². The molecule has 2 aliphatic rings. The van der Waals surface area contributed by atoms with Gasteiger partial charge in [0.15, 0.2) is 15.8 Å². The third kappa shape index (κ3) is 2.94. The van der Waals surface area contributed by atoms with Crippen LogP contribution in [0.15, 0.2) is 10.7 Å². The first kappa shape index (κ1) is 15.6. The van der Waals surface area contributed by atoms with Gasteiger partial charge in [-0.1, -0.05) is 11.8 Å². The van der Waals surface area contributed by atoms with E-state index in [4.69, 9.17) is 0 Å². The number of fused-ring (bicyclic) bond motifs is 1. The van der Waals surface area contributed by atoms with Crippen LogP contribution in [-0.4, -0.2) is 57.8 Å². The van der Waals surface area contributed by atoms with Crippen LogP contribution in [0.2, 0.25) is 0 Å². The zero-order valence-electron chi connectivity index (χ0n) is 13.7. The molecule has 2 aromatic rings. The minimum absolute atomic E-state index is 0.754. The highest BCUT2D eigenvalue weighted by Gasteiger charge is 2.31. The van der Waals surface area contributed by atoms with Crippen LogP contribution in [0.4, 0.5) is 5.82 Å². The van der Waals surface area contributed by atoms with Gasteiger partial charge in [0, 0.05) is 25.2 Å². The van der Waals surface area contributed by atoms with Gasteiger partial charge in [-0.05, 0) is 45.4 Å². The van der Waals surface area contributed by atoms with E-state index in [0.29, 0.717) is 0 Å². The number of aromatic nitrogens is 3. The molecule has 2 fully saturated rings. The maximum Gasteiger partial charge on any atom is 0.176 e. The summed E-state index contributed by atoms with van der Waals surface area (Å²) in [6.07, 6.45) is 8.94. The number of likely N-dealkylation sites (tertiary alicyclic amines) is 1. The van der Waals surface area contributed by atoms with Crippen LogP contribution in [-0.2, 0) is 0 Å². The highest BCUT2D eigenvalue weighted by molar-refractivity contribution is 8.00. The van der Waals surface area contributed by atoms with Crippen molar-refractivity contribution in [3.05, 3.63) is 6.33 Å². The Bertz CT molecular complexity index is 680. The quantitative estimate of drug-likeness (QED) is 0.793. The van der Waals surface area contributed by atoms with Crippen LogP contribution in [0.1, 0.15) is 32.6 Å². The van der Waals surface area contributed by atoms with E-state index in [0.717, 1.165) is 45.7 Å². The zero-order chi connectivity index (χ0) is 15.8. The van der Waals surface area contributed by atoms with Crippen LogP contribution >= 0.6 is 23.1 Å². The molecule has 0 N–H and O–H groups in total. The lowest BCUT2D eigenvalue weighted by molar-refractivity contribution is 0.163. The van der Waals surface area contributed by atoms with Crippen molar-refractivity contribution in [2.45, 2.75) is 49.0 Å². The van der Waals surface area contributed by atoms with Crippen LogP contribution < -0.4 is 4.90 Å². The Morgan fingerprint density at radius 3 is 2.70 bits per heavy atom. The highest BCUT2D eigenvalue weighted by Crippen LogP contribution is 2.34. The number of nitrogens with zero attached hydrogens (tertiary/aromatic N) is 5. The van der Waals surface area contributed by atoms with Crippen LogP contribution in [0, 0.1) is 0 Å². The monoisotopic (exact) mass is 349 g/mol. The van der Waals surface area contributed by atoms with E-state index in [1.165, 1.54) is 32.2 Å². The molecule has 0 aromatic carbocycles. The minimum Gasteiger partial charge on any atom is -0.355 e. The molecule has 5 nitrogen and oxygen atoms in total. The fourth-order valence-corrected chi connectivity index (χ4v) is 5.47. The second-order valence-electron chi connectivity index (χ2n) is 6.48. The Balaban J connectivity index is 1.51. The fourth-order valence-electron chi connectivity index (χ4n) is 3.94. The average Bonchev–Trinajstić information content (AvgIpc) is 3.20. The van der Waals surface area contributed by atoms with Gasteiger partial charge in [0.2, 0.25) is 0 Å². The number of thiazole rings is 1. The van der Waals surface area contributed by atoms with Gasteiger partial charge in [0.05, 0.1) is 0 Å². The van der Waals surface area contributed by atoms with Crippen molar-refractivity contribution in [2.75, 3.05) is 30.8 Å². The molecule has 23 heavy (non-hydrogen) atoms. The first-order chi connectivity index (χ1) is 11.3. The van der Waals surface area contributed by atoms with E-state index in [1.54, 1.807) is 29.4 Å². The third-order valence-electron chi connectivity index (χ3n) is 5.16. The maximum atomic E-state index is 4.58. The second kappa shape index (κ2) is 6.53. The summed E-state index contributed by atoms with van der Waals surface area (Å²) in [5.74, 6) is 1.08. The van der Waals surface area contributed by atoms with Gasteiger partial charge < -0.3 is 4.90 Å². The van der Waals surface area contributed by atoms with Gasteiger partial charge in [-0.15, -0.1) is 11.3 Å². The molecule has 1 unspecified atom stereocenters. The molecule has 2 saturated heterocycles. The Morgan fingerprint density at radius 2 is 2.00 bits per heavy atom. The molecule has 124 valence electrons. The smallest absolute Gasteiger partial charge is 0.176 e. The molecule has 2 aromatic heterocycles. The second-order valence-corrected chi connectivity index (χ2v) is 8.53. The van der Waals surface area contributed by atoms with Crippen molar-refractivity contribution in [1.29, 1.82) is 0 Å². The van der Waals surface area contributed by atoms with Crippen LogP contribution in [0.3, 0.4) is 0 Å². The van der Waals surface area contributed by atoms with Crippen molar-refractivity contribution in [3.8, 4) is 0 Å². The lowest BCUT2D eigenvalue weighted by Gasteiger charge is -2.39. The van der Waals surface area contributed by atoms with Crippen LogP contribution in [0.25, 0.3) is 10.3 Å². The first-order valence-corrected chi connectivity index (χ1v) is 10.5. The third-order valence-corrected chi connectivity index (χ3v) is 7.19. The molecule has 0 radical (unpaired) electrons. The van der Waals surface area contributed by atoms with Gasteiger partial charge in [-0.3, -0.25) is 4.90 Å². The predicted molar refractivity (Wildman–Crippen MR) is 97.6 cm³/mol. The number of hydrogen-bond acceptors (Lipinski definition) is 7. The summed E-state index contributed by atoms with van der Waals surface area (Å²) in [5.41, 5.74) is 0.847. The van der Waals surface area contributed by atoms with E-state index in [-0.39, 0.29) is 0 Å². The lowest BCUT2D eigenvalue weighted by atomic mass is 10.0. The molecule has 2 aliphatic heterocycles. The average molecular weight is 350 g/mol. The van der Waals surface area contributed by atoms with E-state index in [9.17, 15) is 0 Å². The van der Waals surface area contributed by atoms with Crippen molar-refractivity contribution >= 4 is 39.3 Å². The Morgan fingerprint density at radius 1 is 1.17 bits per heavy atom. The Hall–Kier alpha value is -0.920. The van der Waals surface area contributed by atoms with Gasteiger partial charge in [-0.2, -0.15) is 0 Å². The lowest BCUT2D eigenvalue weighted by Crippen LogP contribution is -2.46. The van der Waals surface area contributed by atoms with Crippen LogP contribution in [0.5, 0.6) is 0 Å². The van der Waals surface area contributed by atoms with Crippen molar-refractivity contribution < 1.29 is 0 Å². The molecule has 0 bridgehead atoms. The SMILES string of the molecule is CSc1nc2ncnc(N3CCC(N4CCCC4C)CC3)c2s1. The fraction of sp³-hybridized carbons (Fsp3) is 0.688. The zero-order valence-corrected chi connectivity index (χ0v) is 15.4. The topological polar surface area (TPSA) is 45.2 Å². The summed E-state index contributed by atoms with van der Waals surface area (Å²) < 4.78 is 2.22. The molecule has 0 amide bonds. The van der Waals surface area contributed by atoms with E-state index >= 15 is 0 Å². The van der Waals surface area contributed by atoms with Gasteiger partial charge in [0.25, 0.3) is 0 Å². The summed E-state index contributed by atoms with van der Waals surface area (Å²) in [5, 5.41) is 0. The summed E-state index contributed by atoms with van der Waals surface area (Å²) in [4.78, 5) is 18.6. The van der Waals surface area contributed by atoms with E-state index < -0.39 is 0 Å². The number of rotatable bonds is 3.